The van der Waals surface area contributed by atoms with Crippen LogP contribution in [0.3, 0.4) is 0 Å². The normalized spacial score (nSPS) is 33.8. The molecule has 2 heterocycles. The van der Waals surface area contributed by atoms with Crippen molar-refractivity contribution in [3.8, 4) is 0 Å². The van der Waals surface area contributed by atoms with Gasteiger partial charge in [0.15, 0.2) is 0 Å². The third kappa shape index (κ3) is 3.43. The summed E-state index contributed by atoms with van der Waals surface area (Å²) in [5.41, 5.74) is 0. The molecule has 0 aromatic rings. The van der Waals surface area contributed by atoms with Crippen molar-refractivity contribution >= 4 is 21.8 Å². The van der Waals surface area contributed by atoms with Crippen LogP contribution in [0.5, 0.6) is 0 Å². The van der Waals surface area contributed by atoms with Crippen molar-refractivity contribution < 1.29 is 18.0 Å². The molecular weight excluding hydrogens is 342 g/mol. The summed E-state index contributed by atoms with van der Waals surface area (Å²) < 4.78 is 26.0. The maximum Gasteiger partial charge on any atom is 0.253 e. The molecule has 0 unspecified atom stereocenters. The lowest BCUT2D eigenvalue weighted by molar-refractivity contribution is -0.131. The Balaban J connectivity index is 1.42. The summed E-state index contributed by atoms with van der Waals surface area (Å²) in [6.45, 7) is 0.945. The number of sulfonamides is 1. The highest BCUT2D eigenvalue weighted by Crippen LogP contribution is 2.34. The van der Waals surface area contributed by atoms with E-state index < -0.39 is 16.1 Å². The second-order valence-corrected chi connectivity index (χ2v) is 9.93. The molecule has 2 aliphatic carbocycles. The van der Waals surface area contributed by atoms with E-state index in [-0.39, 0.29) is 35.6 Å². The largest absolute Gasteiger partial charge is 0.352 e. The first-order valence-electron chi connectivity index (χ1n) is 9.56. The maximum absolute atomic E-state index is 12.8. The van der Waals surface area contributed by atoms with Crippen LogP contribution in [0.25, 0.3) is 0 Å². The summed E-state index contributed by atoms with van der Waals surface area (Å²) in [6, 6.07) is -0.590. The Labute approximate surface area is 149 Å². The molecule has 0 bridgehead atoms. The number of amides is 2. The number of hydrogen-bond donors (Lipinski definition) is 1. The van der Waals surface area contributed by atoms with E-state index in [1.807, 2.05) is 4.90 Å². The zero-order valence-corrected chi connectivity index (χ0v) is 15.3. The third-order valence-electron chi connectivity index (χ3n) is 6.04. The lowest BCUT2D eigenvalue weighted by Gasteiger charge is -2.24. The monoisotopic (exact) mass is 369 g/mol. The van der Waals surface area contributed by atoms with Crippen molar-refractivity contribution in [3.05, 3.63) is 0 Å². The van der Waals surface area contributed by atoms with Crippen molar-refractivity contribution in [2.75, 3.05) is 18.8 Å². The molecule has 2 amide bonds. The predicted octanol–water partition coefficient (Wildman–Crippen LogP) is 0.460. The third-order valence-corrected chi connectivity index (χ3v) is 7.82. The van der Waals surface area contributed by atoms with Crippen LogP contribution in [0.15, 0.2) is 0 Å². The summed E-state index contributed by atoms with van der Waals surface area (Å²) in [7, 11) is -3.49. The molecule has 2 atom stereocenters. The number of hydrogen-bond acceptors (Lipinski definition) is 5. The molecule has 0 aromatic heterocycles. The summed E-state index contributed by atoms with van der Waals surface area (Å²) in [6.07, 6.45) is 7.43. The van der Waals surface area contributed by atoms with E-state index >= 15 is 0 Å². The van der Waals surface area contributed by atoms with Gasteiger partial charge < -0.3 is 5.32 Å². The summed E-state index contributed by atoms with van der Waals surface area (Å²) >= 11 is 0. The van der Waals surface area contributed by atoms with Crippen LogP contribution in [0.1, 0.15) is 51.4 Å². The van der Waals surface area contributed by atoms with Crippen LogP contribution >= 0.6 is 0 Å². The fraction of sp³-hybridized carbons (Fsp3) is 0.882. The van der Waals surface area contributed by atoms with Crippen molar-refractivity contribution in [2.24, 2.45) is 5.92 Å². The number of carbonyl (C=O) groups excluding carboxylic acids is 2. The molecule has 7 nitrogen and oxygen atoms in total. The Morgan fingerprint density at radius 1 is 1.08 bits per heavy atom. The highest BCUT2D eigenvalue weighted by Gasteiger charge is 2.49. The molecule has 0 radical (unpaired) electrons. The molecule has 140 valence electrons. The van der Waals surface area contributed by atoms with E-state index in [4.69, 9.17) is 0 Å². The fourth-order valence-corrected chi connectivity index (χ4v) is 6.25. The minimum Gasteiger partial charge on any atom is -0.352 e. The Morgan fingerprint density at radius 3 is 2.48 bits per heavy atom. The van der Waals surface area contributed by atoms with Gasteiger partial charge in [0.1, 0.15) is 0 Å². The van der Waals surface area contributed by atoms with Gasteiger partial charge in [-0.25, -0.2) is 12.7 Å². The van der Waals surface area contributed by atoms with Crippen LogP contribution in [0, 0.1) is 5.92 Å². The van der Waals surface area contributed by atoms with Crippen molar-refractivity contribution in [3.63, 3.8) is 0 Å². The number of nitrogens with zero attached hydrogens (tertiary/aromatic N) is 2. The van der Waals surface area contributed by atoms with E-state index in [0.717, 1.165) is 42.8 Å². The molecule has 8 heteroatoms. The highest BCUT2D eigenvalue weighted by molar-refractivity contribution is 7.89. The zero-order chi connectivity index (χ0) is 17.6. The van der Waals surface area contributed by atoms with E-state index in [1.165, 1.54) is 6.42 Å². The van der Waals surface area contributed by atoms with Gasteiger partial charge in [0.25, 0.3) is 5.91 Å². The molecular formula is C17H27N3O4S. The van der Waals surface area contributed by atoms with Crippen molar-refractivity contribution in [1.29, 1.82) is 0 Å². The molecule has 2 saturated heterocycles. The van der Waals surface area contributed by atoms with Gasteiger partial charge in [0, 0.05) is 31.1 Å². The molecule has 1 N–H and O–H groups in total. The van der Waals surface area contributed by atoms with Crippen molar-refractivity contribution in [2.45, 2.75) is 69.5 Å². The fourth-order valence-electron chi connectivity index (χ4n) is 4.53. The SMILES string of the molecule is O=C(N[C@H]1C[C@H]2C(=O)N(C3CC3)S(=O)(=O)CCN2C1)C1CCCCC1. The molecule has 0 aromatic carbocycles. The van der Waals surface area contributed by atoms with Gasteiger partial charge in [-0.2, -0.15) is 0 Å². The molecule has 2 saturated carbocycles. The Kier molecular flexibility index (Phi) is 4.52. The average molecular weight is 369 g/mol. The molecule has 4 aliphatic rings. The summed E-state index contributed by atoms with van der Waals surface area (Å²) in [4.78, 5) is 27.3. The first-order valence-corrected chi connectivity index (χ1v) is 11.2. The van der Waals surface area contributed by atoms with Crippen LogP contribution in [-0.4, -0.2) is 66.4 Å². The van der Waals surface area contributed by atoms with Gasteiger partial charge in [0.05, 0.1) is 11.8 Å². The van der Waals surface area contributed by atoms with E-state index in [0.29, 0.717) is 19.5 Å². The smallest absolute Gasteiger partial charge is 0.253 e. The number of nitrogens with one attached hydrogen (secondary N) is 1. The van der Waals surface area contributed by atoms with Crippen LogP contribution in [0.2, 0.25) is 0 Å². The topological polar surface area (TPSA) is 86.8 Å². The standard InChI is InChI=1S/C17H27N3O4S/c21-16(12-4-2-1-3-5-12)18-13-10-15-17(22)20(14-6-7-14)25(23,24)9-8-19(15)11-13/h12-15H,1-11H2,(H,18,21)/t13-,15-/m0/s1. The van der Waals surface area contributed by atoms with Gasteiger partial charge in [-0.05, 0) is 32.1 Å². The van der Waals surface area contributed by atoms with Crippen LogP contribution in [0.4, 0.5) is 0 Å². The lowest BCUT2D eigenvalue weighted by atomic mass is 9.88. The Bertz CT molecular complexity index is 655. The Morgan fingerprint density at radius 2 is 1.80 bits per heavy atom. The van der Waals surface area contributed by atoms with Crippen LogP contribution < -0.4 is 5.32 Å². The first kappa shape index (κ1) is 17.3. The number of rotatable bonds is 3. The highest BCUT2D eigenvalue weighted by atomic mass is 32.2. The molecule has 0 spiro atoms. The molecule has 4 rings (SSSR count). The number of fused-ring (bicyclic) bond motifs is 1. The van der Waals surface area contributed by atoms with Gasteiger partial charge in [-0.1, -0.05) is 19.3 Å². The minimum atomic E-state index is -3.49. The predicted molar refractivity (Wildman–Crippen MR) is 92.1 cm³/mol. The summed E-state index contributed by atoms with van der Waals surface area (Å²) in [5, 5.41) is 3.13. The first-order chi connectivity index (χ1) is 12.0. The Hall–Kier alpha value is -1.15. The van der Waals surface area contributed by atoms with Crippen LogP contribution in [-0.2, 0) is 19.6 Å². The maximum atomic E-state index is 12.8. The second-order valence-electron chi connectivity index (χ2n) is 7.97. The van der Waals surface area contributed by atoms with Gasteiger partial charge in [0.2, 0.25) is 15.9 Å². The quantitative estimate of drug-likeness (QED) is 0.781. The summed E-state index contributed by atoms with van der Waals surface area (Å²) in [5.74, 6) is -0.0706. The second kappa shape index (κ2) is 6.54. The molecule has 4 fully saturated rings. The van der Waals surface area contributed by atoms with Crippen molar-refractivity contribution in [1.82, 2.24) is 14.5 Å². The zero-order valence-electron chi connectivity index (χ0n) is 14.5. The van der Waals surface area contributed by atoms with Gasteiger partial charge in [-0.3, -0.25) is 14.5 Å². The van der Waals surface area contributed by atoms with Gasteiger partial charge >= 0.3 is 0 Å². The average Bonchev–Trinajstić information content (AvgIpc) is 3.33. The molecule has 2 aliphatic heterocycles. The number of carbonyl (C=O) groups is 2. The minimum absolute atomic E-state index is 0.00493. The van der Waals surface area contributed by atoms with E-state index in [2.05, 4.69) is 5.32 Å². The van der Waals surface area contributed by atoms with E-state index in [9.17, 15) is 18.0 Å². The molecule has 25 heavy (non-hydrogen) atoms. The lowest BCUT2D eigenvalue weighted by Crippen LogP contribution is -2.45. The van der Waals surface area contributed by atoms with E-state index in [1.54, 1.807) is 0 Å². The van der Waals surface area contributed by atoms with Gasteiger partial charge in [-0.15, -0.1) is 0 Å².